The quantitative estimate of drug-likeness (QED) is 0.529. The fourth-order valence-corrected chi connectivity index (χ4v) is 0.670. The van der Waals surface area contributed by atoms with E-state index < -0.39 is 0 Å². The first-order chi connectivity index (χ1) is 5.77. The van der Waals surface area contributed by atoms with Crippen molar-refractivity contribution < 1.29 is 0 Å². The molecular formula is C13H26. The molecule has 0 heteroatoms. The van der Waals surface area contributed by atoms with Crippen LogP contribution in [0.25, 0.3) is 0 Å². The summed E-state index contributed by atoms with van der Waals surface area (Å²) in [6.07, 6.45) is 3.42. The Morgan fingerprint density at radius 3 is 1.62 bits per heavy atom. The van der Waals surface area contributed by atoms with Crippen molar-refractivity contribution in [3.05, 3.63) is 23.8 Å². The minimum atomic E-state index is 0.411. The van der Waals surface area contributed by atoms with Gasteiger partial charge in [0.2, 0.25) is 0 Å². The van der Waals surface area contributed by atoms with E-state index >= 15 is 0 Å². The zero-order valence-corrected chi connectivity index (χ0v) is 10.5. The second-order valence-corrected chi connectivity index (χ2v) is 4.42. The smallest absolute Gasteiger partial charge is 0.0150 e. The van der Waals surface area contributed by atoms with Crippen LogP contribution >= 0.6 is 0 Å². The predicted octanol–water partition coefficient (Wildman–Crippen LogP) is 4.97. The Hall–Kier alpha value is -0.520. The van der Waals surface area contributed by atoms with Gasteiger partial charge in [-0.3, -0.25) is 0 Å². The van der Waals surface area contributed by atoms with Crippen LogP contribution in [0.4, 0.5) is 0 Å². The molecule has 78 valence electrons. The molecule has 0 aliphatic heterocycles. The minimum Gasteiger partial charge on any atom is -0.100 e. The van der Waals surface area contributed by atoms with Crippen molar-refractivity contribution in [2.45, 2.75) is 54.9 Å². The summed E-state index contributed by atoms with van der Waals surface area (Å²) in [6.45, 7) is 18.6. The first-order valence-electron chi connectivity index (χ1n) is 5.03. The summed E-state index contributed by atoms with van der Waals surface area (Å²) in [4.78, 5) is 0. The van der Waals surface area contributed by atoms with Gasteiger partial charge < -0.3 is 0 Å². The molecule has 0 saturated carbocycles. The molecule has 0 fully saturated rings. The van der Waals surface area contributed by atoms with Gasteiger partial charge in [0.15, 0.2) is 0 Å². The largest absolute Gasteiger partial charge is 0.100 e. The van der Waals surface area contributed by atoms with Gasteiger partial charge in [0.05, 0.1) is 0 Å². The Bertz CT molecular complexity index is 166. The lowest BCUT2D eigenvalue weighted by Gasteiger charge is -2.23. The van der Waals surface area contributed by atoms with E-state index in [1.54, 1.807) is 0 Å². The first kappa shape index (κ1) is 15.0. The third-order valence-electron chi connectivity index (χ3n) is 2.38. The molecule has 0 nitrogen and oxygen atoms in total. The van der Waals surface area contributed by atoms with Crippen LogP contribution < -0.4 is 0 Å². The molecule has 0 aromatic rings. The normalized spacial score (nSPS) is 11.8. The molecular weight excluding hydrogens is 156 g/mol. The lowest BCUT2D eigenvalue weighted by atomic mass is 9.83. The van der Waals surface area contributed by atoms with E-state index in [1.165, 1.54) is 17.6 Å². The Morgan fingerprint density at radius 2 is 1.54 bits per heavy atom. The Balaban J connectivity index is 0. The minimum absolute atomic E-state index is 0.411. The van der Waals surface area contributed by atoms with Gasteiger partial charge >= 0.3 is 0 Å². The Morgan fingerprint density at radius 1 is 1.23 bits per heavy atom. The van der Waals surface area contributed by atoms with Gasteiger partial charge in [-0.1, -0.05) is 38.0 Å². The maximum atomic E-state index is 3.56. The zero-order chi connectivity index (χ0) is 11.1. The van der Waals surface area contributed by atoms with E-state index in [0.717, 1.165) is 0 Å². The van der Waals surface area contributed by atoms with E-state index in [1.807, 2.05) is 13.8 Å². The fraction of sp³-hybridized carbons (Fsp3) is 0.692. The van der Waals surface area contributed by atoms with Crippen molar-refractivity contribution in [3.8, 4) is 0 Å². The SMILES string of the molecule is C/C=C(\C)C(C)(C)CC.C=C(C)C. The van der Waals surface area contributed by atoms with E-state index in [0.29, 0.717) is 5.41 Å². The van der Waals surface area contributed by atoms with E-state index in [4.69, 9.17) is 0 Å². The monoisotopic (exact) mass is 182 g/mol. The number of hydrogen-bond acceptors (Lipinski definition) is 0. The van der Waals surface area contributed by atoms with Crippen LogP contribution in [0, 0.1) is 5.41 Å². The summed E-state index contributed by atoms with van der Waals surface area (Å²) in [5.41, 5.74) is 3.07. The topological polar surface area (TPSA) is 0 Å². The van der Waals surface area contributed by atoms with Gasteiger partial charge in [-0.25, -0.2) is 0 Å². The van der Waals surface area contributed by atoms with Crippen LogP contribution in [0.2, 0.25) is 0 Å². The lowest BCUT2D eigenvalue weighted by Crippen LogP contribution is -2.10. The Labute approximate surface area is 84.7 Å². The van der Waals surface area contributed by atoms with Gasteiger partial charge in [-0.05, 0) is 39.5 Å². The fourth-order valence-electron chi connectivity index (χ4n) is 0.670. The summed E-state index contributed by atoms with van der Waals surface area (Å²) in [6, 6.07) is 0. The molecule has 0 aromatic carbocycles. The van der Waals surface area contributed by atoms with Gasteiger partial charge in [0.1, 0.15) is 0 Å². The molecule has 13 heavy (non-hydrogen) atoms. The molecule has 0 atom stereocenters. The van der Waals surface area contributed by atoms with Crippen LogP contribution in [0.1, 0.15) is 54.9 Å². The molecule has 0 radical (unpaired) electrons. The molecule has 0 amide bonds. The van der Waals surface area contributed by atoms with Crippen molar-refractivity contribution in [2.24, 2.45) is 5.41 Å². The summed E-state index contributed by atoms with van der Waals surface area (Å²) in [5.74, 6) is 0. The molecule has 0 aliphatic rings. The molecule has 0 spiro atoms. The Kier molecular flexibility index (Phi) is 7.99. The van der Waals surface area contributed by atoms with Crippen LogP contribution in [0.5, 0.6) is 0 Å². The van der Waals surface area contributed by atoms with Gasteiger partial charge in [0, 0.05) is 0 Å². The van der Waals surface area contributed by atoms with Crippen molar-refractivity contribution in [2.75, 3.05) is 0 Å². The van der Waals surface area contributed by atoms with Crippen molar-refractivity contribution in [1.82, 2.24) is 0 Å². The van der Waals surface area contributed by atoms with Gasteiger partial charge in [-0.2, -0.15) is 0 Å². The van der Waals surface area contributed by atoms with Crippen molar-refractivity contribution >= 4 is 0 Å². The molecule has 0 N–H and O–H groups in total. The highest BCUT2D eigenvalue weighted by molar-refractivity contribution is 5.06. The van der Waals surface area contributed by atoms with Crippen molar-refractivity contribution in [1.29, 1.82) is 0 Å². The third kappa shape index (κ3) is 9.39. The summed E-state index contributed by atoms with van der Waals surface area (Å²) in [7, 11) is 0. The second-order valence-electron chi connectivity index (χ2n) is 4.42. The number of rotatable bonds is 2. The zero-order valence-electron chi connectivity index (χ0n) is 10.5. The maximum absolute atomic E-state index is 3.56. The third-order valence-corrected chi connectivity index (χ3v) is 2.38. The average Bonchev–Trinajstić information content (AvgIpc) is 2.02. The summed E-state index contributed by atoms with van der Waals surface area (Å²) < 4.78 is 0. The number of hydrogen-bond donors (Lipinski definition) is 0. The highest BCUT2D eigenvalue weighted by Gasteiger charge is 2.15. The molecule has 0 saturated heterocycles. The molecule has 0 rings (SSSR count). The first-order valence-corrected chi connectivity index (χ1v) is 5.03. The highest BCUT2D eigenvalue weighted by atomic mass is 14.2. The molecule has 0 heterocycles. The highest BCUT2D eigenvalue weighted by Crippen LogP contribution is 2.28. The van der Waals surface area contributed by atoms with Crippen molar-refractivity contribution in [3.63, 3.8) is 0 Å². The van der Waals surface area contributed by atoms with Crippen LogP contribution in [0.3, 0.4) is 0 Å². The van der Waals surface area contributed by atoms with Crippen LogP contribution in [-0.2, 0) is 0 Å². The molecule has 0 aliphatic carbocycles. The second kappa shape index (κ2) is 6.94. The summed E-state index contributed by atoms with van der Waals surface area (Å²) in [5, 5.41) is 0. The maximum Gasteiger partial charge on any atom is -0.0150 e. The van der Waals surface area contributed by atoms with E-state index in [-0.39, 0.29) is 0 Å². The standard InChI is InChI=1S/C9H18.C4H8/c1-6-8(3)9(4,5)7-2;1-4(2)3/h6H,7H2,1-5H3;1H2,2-3H3/b8-6+;. The van der Waals surface area contributed by atoms with Crippen LogP contribution in [-0.4, -0.2) is 0 Å². The van der Waals surface area contributed by atoms with E-state index in [9.17, 15) is 0 Å². The van der Waals surface area contributed by atoms with Gasteiger partial charge in [0.25, 0.3) is 0 Å². The molecule has 0 bridgehead atoms. The lowest BCUT2D eigenvalue weighted by molar-refractivity contribution is 0.429. The number of allylic oxidation sites excluding steroid dienone is 3. The molecule has 0 unspecified atom stereocenters. The van der Waals surface area contributed by atoms with E-state index in [2.05, 4.69) is 47.3 Å². The average molecular weight is 182 g/mol. The predicted molar refractivity (Wildman–Crippen MR) is 64.0 cm³/mol. The van der Waals surface area contributed by atoms with Gasteiger partial charge in [-0.15, -0.1) is 6.58 Å². The summed E-state index contributed by atoms with van der Waals surface area (Å²) >= 11 is 0. The van der Waals surface area contributed by atoms with Crippen LogP contribution in [0.15, 0.2) is 23.8 Å². The molecule has 0 aromatic heterocycles.